The van der Waals surface area contributed by atoms with Crippen molar-refractivity contribution in [1.29, 1.82) is 0 Å². The second-order valence-corrected chi connectivity index (χ2v) is 24.7. The topological polar surface area (TPSA) is 228 Å². The van der Waals surface area contributed by atoms with E-state index in [1.54, 1.807) is 0 Å². The molecule has 0 aromatic heterocycles. The van der Waals surface area contributed by atoms with E-state index in [0.717, 1.165) is 70.6 Å². The molecule has 2 rings (SSSR count). The summed E-state index contributed by atoms with van der Waals surface area (Å²) in [4.78, 5) is 13.3. The Labute approximate surface area is 500 Å². The zero-order chi connectivity index (χ0) is 59.5. The minimum absolute atomic E-state index is 0.217. The number of aliphatic hydroxyl groups excluding tert-OH is 8. The van der Waals surface area contributed by atoms with Crippen LogP contribution in [-0.4, -0.2) is 140 Å². The highest BCUT2D eigenvalue weighted by Gasteiger charge is 2.51. The second-order valence-electron chi connectivity index (χ2n) is 24.7. The fraction of sp³-hybridized carbons (Fsp3) is 0.926. The van der Waals surface area contributed by atoms with Crippen molar-refractivity contribution >= 4 is 5.91 Å². The molecule has 0 aromatic rings. The van der Waals surface area contributed by atoms with Gasteiger partial charge in [0.2, 0.25) is 5.91 Å². The predicted molar refractivity (Wildman–Crippen MR) is 332 cm³/mol. The molecule has 12 unspecified atom stereocenters. The maximum absolute atomic E-state index is 13.3. The standard InChI is InChI=1S/C68H129NO13/c1-3-5-7-9-11-13-15-17-19-20-21-22-23-24-25-26-27-28-29-30-31-32-33-34-35-36-38-39-41-43-45-47-49-51-57(72)56(69-60(73)52-50-48-46-44-42-40-37-18-16-14-12-10-8-6-4-2)55-79-67-65(78)63(76)66(59(54-71)81-67)82-68-64(77)62(75)61(74)58(53-70)80-68/h12,14,18,37,56-59,61-68,70-72,74-78H,3-11,13,15-17,19-36,38-55H2,1-2H3,(H,69,73)/b14-12-,37-18-. The van der Waals surface area contributed by atoms with Gasteiger partial charge in [0.15, 0.2) is 12.6 Å². The Morgan fingerprint density at radius 3 is 1.24 bits per heavy atom. The van der Waals surface area contributed by atoms with Crippen molar-refractivity contribution in [3.8, 4) is 0 Å². The van der Waals surface area contributed by atoms with Crippen molar-refractivity contribution < 1.29 is 64.6 Å². The highest BCUT2D eigenvalue weighted by molar-refractivity contribution is 5.76. The van der Waals surface area contributed by atoms with Gasteiger partial charge in [0.1, 0.15) is 48.8 Å². The molecule has 0 spiro atoms. The van der Waals surface area contributed by atoms with Crippen LogP contribution in [0.5, 0.6) is 0 Å². The average molecular weight is 1170 g/mol. The van der Waals surface area contributed by atoms with Gasteiger partial charge in [-0.1, -0.05) is 282 Å². The third kappa shape index (κ3) is 37.9. The third-order valence-electron chi connectivity index (χ3n) is 17.2. The molecule has 2 aliphatic rings. The summed E-state index contributed by atoms with van der Waals surface area (Å²) in [5, 5.41) is 87.4. The van der Waals surface area contributed by atoms with Gasteiger partial charge in [-0.2, -0.15) is 0 Å². The molecule has 484 valence electrons. The molecule has 0 aromatic carbocycles. The lowest BCUT2D eigenvalue weighted by Gasteiger charge is -2.46. The van der Waals surface area contributed by atoms with E-state index < -0.39 is 86.8 Å². The monoisotopic (exact) mass is 1170 g/mol. The molecule has 1 amide bonds. The quantitative estimate of drug-likeness (QED) is 0.0204. The van der Waals surface area contributed by atoms with E-state index in [0.29, 0.717) is 12.8 Å². The molecule has 0 saturated carbocycles. The highest BCUT2D eigenvalue weighted by atomic mass is 16.7. The van der Waals surface area contributed by atoms with E-state index in [4.69, 9.17) is 18.9 Å². The number of rotatable bonds is 57. The zero-order valence-electron chi connectivity index (χ0n) is 52.5. The maximum atomic E-state index is 13.3. The first-order valence-electron chi connectivity index (χ1n) is 34.6. The Morgan fingerprint density at radius 2 is 0.805 bits per heavy atom. The first kappa shape index (κ1) is 76.6. The summed E-state index contributed by atoms with van der Waals surface area (Å²) in [6, 6.07) is -0.836. The molecule has 9 N–H and O–H groups in total. The van der Waals surface area contributed by atoms with E-state index in [1.165, 1.54) is 205 Å². The number of carbonyl (C=O) groups is 1. The third-order valence-corrected chi connectivity index (χ3v) is 17.2. The highest BCUT2D eigenvalue weighted by Crippen LogP contribution is 2.30. The maximum Gasteiger partial charge on any atom is 0.220 e. The Kier molecular flexibility index (Phi) is 50.1. The molecule has 2 aliphatic heterocycles. The van der Waals surface area contributed by atoms with Gasteiger partial charge >= 0.3 is 0 Å². The number of hydrogen-bond donors (Lipinski definition) is 9. The number of unbranched alkanes of at least 4 members (excludes halogenated alkanes) is 40. The van der Waals surface area contributed by atoms with E-state index in [9.17, 15) is 45.6 Å². The number of ether oxygens (including phenoxy) is 4. The van der Waals surface area contributed by atoms with Gasteiger partial charge < -0.3 is 65.1 Å². The van der Waals surface area contributed by atoms with Gasteiger partial charge in [0.05, 0.1) is 32.0 Å². The SMILES string of the molecule is CCCCC/C=C\C/C=C\CCCCCCCC(=O)NC(COC1OC(CO)C(OC2OC(CO)C(O)C(O)C2O)C(O)C1O)C(O)CCCCCCCCCCCCCCCCCCCCCCCCCCCCCCCCCCC. The number of aliphatic hydroxyl groups is 8. The smallest absolute Gasteiger partial charge is 0.220 e. The van der Waals surface area contributed by atoms with Crippen molar-refractivity contribution in [2.24, 2.45) is 0 Å². The molecule has 0 bridgehead atoms. The Balaban J connectivity index is 1.62. The Bertz CT molecular complexity index is 1470. The van der Waals surface area contributed by atoms with Crippen molar-refractivity contribution in [1.82, 2.24) is 5.32 Å². The van der Waals surface area contributed by atoms with Crippen LogP contribution in [0.4, 0.5) is 0 Å². The number of amides is 1. The van der Waals surface area contributed by atoms with Crippen LogP contribution in [0.1, 0.15) is 309 Å². The molecule has 14 heteroatoms. The molecular formula is C68H129NO13. The molecule has 14 nitrogen and oxygen atoms in total. The first-order chi connectivity index (χ1) is 40.1. The average Bonchev–Trinajstić information content (AvgIpc) is 3.53. The summed E-state index contributed by atoms with van der Waals surface area (Å²) in [6.07, 6.45) is 49.3. The molecular weight excluding hydrogens is 1040 g/mol. The summed E-state index contributed by atoms with van der Waals surface area (Å²) in [5.41, 5.74) is 0. The van der Waals surface area contributed by atoms with Crippen LogP contribution < -0.4 is 5.32 Å². The minimum Gasteiger partial charge on any atom is -0.394 e. The van der Waals surface area contributed by atoms with Crippen LogP contribution in [0.15, 0.2) is 24.3 Å². The zero-order valence-corrected chi connectivity index (χ0v) is 52.5. The molecule has 12 atom stereocenters. The summed E-state index contributed by atoms with van der Waals surface area (Å²) in [6.45, 7) is 2.86. The molecule has 0 aliphatic carbocycles. The van der Waals surface area contributed by atoms with Crippen LogP contribution in [0.2, 0.25) is 0 Å². The van der Waals surface area contributed by atoms with Gasteiger partial charge in [0, 0.05) is 6.42 Å². The molecule has 2 heterocycles. The lowest BCUT2D eigenvalue weighted by Crippen LogP contribution is -2.65. The van der Waals surface area contributed by atoms with Crippen LogP contribution in [0.25, 0.3) is 0 Å². The summed E-state index contributed by atoms with van der Waals surface area (Å²) >= 11 is 0. The van der Waals surface area contributed by atoms with Crippen molar-refractivity contribution in [2.75, 3.05) is 19.8 Å². The largest absolute Gasteiger partial charge is 0.394 e. The predicted octanol–water partition coefficient (Wildman–Crippen LogP) is 13.6. The fourth-order valence-corrected chi connectivity index (χ4v) is 11.6. The van der Waals surface area contributed by atoms with Crippen LogP contribution >= 0.6 is 0 Å². The van der Waals surface area contributed by atoms with Crippen LogP contribution in [-0.2, 0) is 23.7 Å². The molecule has 0 radical (unpaired) electrons. The van der Waals surface area contributed by atoms with Crippen LogP contribution in [0, 0.1) is 0 Å². The van der Waals surface area contributed by atoms with Crippen molar-refractivity contribution in [3.63, 3.8) is 0 Å². The number of nitrogens with one attached hydrogen (secondary N) is 1. The molecule has 2 saturated heterocycles. The number of allylic oxidation sites excluding steroid dienone is 4. The summed E-state index contributed by atoms with van der Waals surface area (Å²) in [7, 11) is 0. The van der Waals surface area contributed by atoms with Gasteiger partial charge in [0.25, 0.3) is 0 Å². The van der Waals surface area contributed by atoms with E-state index in [1.807, 2.05) is 0 Å². The molecule has 82 heavy (non-hydrogen) atoms. The summed E-state index contributed by atoms with van der Waals surface area (Å²) in [5.74, 6) is -0.217. The number of carbonyl (C=O) groups excluding carboxylic acids is 1. The normalized spacial score (nSPS) is 24.0. The Hall–Kier alpha value is -1.53. The summed E-state index contributed by atoms with van der Waals surface area (Å²) < 4.78 is 22.9. The first-order valence-corrected chi connectivity index (χ1v) is 34.6. The van der Waals surface area contributed by atoms with Gasteiger partial charge in [-0.25, -0.2) is 0 Å². The molecule has 2 fully saturated rings. The van der Waals surface area contributed by atoms with Gasteiger partial charge in [-0.15, -0.1) is 0 Å². The van der Waals surface area contributed by atoms with Crippen molar-refractivity contribution in [2.45, 2.75) is 383 Å². The second kappa shape index (κ2) is 53.7. The van der Waals surface area contributed by atoms with Gasteiger partial charge in [-0.3, -0.25) is 4.79 Å². The Morgan fingerprint density at radius 1 is 0.439 bits per heavy atom. The minimum atomic E-state index is -1.78. The van der Waals surface area contributed by atoms with Crippen LogP contribution in [0.3, 0.4) is 0 Å². The van der Waals surface area contributed by atoms with Crippen molar-refractivity contribution in [3.05, 3.63) is 24.3 Å². The van der Waals surface area contributed by atoms with E-state index in [2.05, 4.69) is 43.5 Å². The lowest BCUT2D eigenvalue weighted by atomic mass is 9.97. The van der Waals surface area contributed by atoms with Gasteiger partial charge in [-0.05, 0) is 44.9 Å². The van der Waals surface area contributed by atoms with E-state index in [-0.39, 0.29) is 18.9 Å². The lowest BCUT2D eigenvalue weighted by molar-refractivity contribution is -0.359. The number of hydrogen-bond acceptors (Lipinski definition) is 13. The fourth-order valence-electron chi connectivity index (χ4n) is 11.6. The van der Waals surface area contributed by atoms with E-state index >= 15 is 0 Å².